The van der Waals surface area contributed by atoms with Gasteiger partial charge in [-0.05, 0) is 36.8 Å². The van der Waals surface area contributed by atoms with Crippen molar-refractivity contribution in [2.24, 2.45) is 0 Å². The van der Waals surface area contributed by atoms with Crippen molar-refractivity contribution in [1.82, 2.24) is 9.88 Å². The predicted molar refractivity (Wildman–Crippen MR) is 126 cm³/mol. The van der Waals surface area contributed by atoms with Gasteiger partial charge in [0.2, 0.25) is 0 Å². The van der Waals surface area contributed by atoms with E-state index in [0.29, 0.717) is 49.9 Å². The Balaban J connectivity index is 1.46. The average Bonchev–Trinajstić information content (AvgIpc) is 3.25. The number of amides is 1. The molecule has 9 nitrogen and oxygen atoms in total. The molecule has 0 unspecified atom stereocenters. The molecule has 0 aliphatic carbocycles. The zero-order valence-electron chi connectivity index (χ0n) is 18.1. The van der Waals surface area contributed by atoms with Gasteiger partial charge in [-0.3, -0.25) is 14.9 Å². The predicted octanol–water partition coefficient (Wildman–Crippen LogP) is 4.01. The lowest BCUT2D eigenvalue weighted by Crippen LogP contribution is -2.43. The fourth-order valence-corrected chi connectivity index (χ4v) is 4.25. The molecule has 10 heteroatoms. The number of nitro benzene ring substituents is 1. The van der Waals surface area contributed by atoms with Crippen LogP contribution in [0.1, 0.15) is 17.5 Å². The maximum Gasteiger partial charge on any atom is 0.270 e. The Morgan fingerprint density at radius 1 is 1.18 bits per heavy atom. The number of fused-ring (bicyclic) bond motifs is 1. The van der Waals surface area contributed by atoms with E-state index in [2.05, 4.69) is 4.98 Å². The van der Waals surface area contributed by atoms with Gasteiger partial charge in [0.05, 0.1) is 35.0 Å². The molecule has 1 saturated heterocycles. The highest BCUT2D eigenvalue weighted by atomic mass is 32.1. The Hall–Kier alpha value is -3.50. The number of benzene rings is 2. The van der Waals surface area contributed by atoms with Crippen molar-refractivity contribution in [3.8, 4) is 11.5 Å². The Kier molecular flexibility index (Phi) is 7.16. The maximum absolute atomic E-state index is 12.3. The molecule has 1 fully saturated rings. The van der Waals surface area contributed by atoms with Gasteiger partial charge < -0.3 is 19.1 Å². The molecule has 0 N–H and O–H groups in total. The van der Waals surface area contributed by atoms with Crippen LogP contribution in [0.25, 0.3) is 22.4 Å². The molecule has 1 aliphatic heterocycles. The standard InChI is InChI=1S/C23H23N3O6S/c1-2-31-20-13-16(3-7-19(20)32-15-23(27)25-9-11-30-12-10-25)4-8-22-24-18-6-5-17(26(28)29)14-21(18)33-22/h3-8,13-14H,2,9-12,15H2,1H3/b8-4-. The van der Waals surface area contributed by atoms with Gasteiger partial charge in [-0.1, -0.05) is 12.1 Å². The van der Waals surface area contributed by atoms with Gasteiger partial charge in [0.25, 0.3) is 11.6 Å². The van der Waals surface area contributed by atoms with Crippen molar-refractivity contribution in [1.29, 1.82) is 0 Å². The molecule has 172 valence electrons. The van der Waals surface area contributed by atoms with E-state index in [1.165, 1.54) is 23.5 Å². The summed E-state index contributed by atoms with van der Waals surface area (Å²) in [5.74, 6) is 0.970. The first-order valence-corrected chi connectivity index (χ1v) is 11.3. The topological polar surface area (TPSA) is 104 Å². The van der Waals surface area contributed by atoms with Gasteiger partial charge in [-0.2, -0.15) is 0 Å². The van der Waals surface area contributed by atoms with E-state index in [1.807, 2.05) is 31.2 Å². The monoisotopic (exact) mass is 469 g/mol. The third-order valence-electron chi connectivity index (χ3n) is 5.00. The highest BCUT2D eigenvalue weighted by Gasteiger charge is 2.18. The van der Waals surface area contributed by atoms with E-state index in [-0.39, 0.29) is 18.2 Å². The summed E-state index contributed by atoms with van der Waals surface area (Å²) in [6, 6.07) is 10.1. The molecule has 0 atom stereocenters. The minimum absolute atomic E-state index is 0.0470. The molecule has 0 bridgehead atoms. The second-order valence-electron chi connectivity index (χ2n) is 7.22. The van der Waals surface area contributed by atoms with Crippen LogP contribution in [0.4, 0.5) is 5.69 Å². The molecule has 3 aromatic rings. The van der Waals surface area contributed by atoms with E-state index in [4.69, 9.17) is 14.2 Å². The number of carbonyl (C=O) groups excluding carboxylic acids is 1. The maximum atomic E-state index is 12.3. The quantitative estimate of drug-likeness (QED) is 0.363. The molecule has 33 heavy (non-hydrogen) atoms. The third kappa shape index (κ3) is 5.65. The average molecular weight is 470 g/mol. The zero-order valence-corrected chi connectivity index (χ0v) is 18.9. The SMILES string of the molecule is CCOc1cc(/C=C\c2nc3ccc([N+](=O)[O-])cc3s2)ccc1OCC(=O)N1CCOCC1. The molecule has 1 amide bonds. The minimum atomic E-state index is -0.415. The summed E-state index contributed by atoms with van der Waals surface area (Å²) in [6.07, 6.45) is 3.74. The summed E-state index contributed by atoms with van der Waals surface area (Å²) < 4.78 is 17.5. The Bertz CT molecular complexity index is 1190. The van der Waals surface area contributed by atoms with Gasteiger partial charge in [0.15, 0.2) is 18.1 Å². The molecule has 2 heterocycles. The fraction of sp³-hybridized carbons (Fsp3) is 0.304. The highest BCUT2D eigenvalue weighted by Crippen LogP contribution is 2.31. The van der Waals surface area contributed by atoms with Crippen LogP contribution in [0.3, 0.4) is 0 Å². The Morgan fingerprint density at radius 3 is 2.76 bits per heavy atom. The van der Waals surface area contributed by atoms with Crippen LogP contribution in [-0.2, 0) is 9.53 Å². The number of hydrogen-bond acceptors (Lipinski definition) is 8. The molecule has 2 aromatic carbocycles. The van der Waals surface area contributed by atoms with Gasteiger partial charge in [-0.15, -0.1) is 11.3 Å². The van der Waals surface area contributed by atoms with Crippen molar-refractivity contribution in [2.75, 3.05) is 39.5 Å². The van der Waals surface area contributed by atoms with Crippen LogP contribution in [0, 0.1) is 10.1 Å². The second-order valence-corrected chi connectivity index (χ2v) is 8.28. The van der Waals surface area contributed by atoms with E-state index >= 15 is 0 Å². The van der Waals surface area contributed by atoms with Crippen LogP contribution in [0.2, 0.25) is 0 Å². The number of ether oxygens (including phenoxy) is 3. The van der Waals surface area contributed by atoms with E-state index in [0.717, 1.165) is 15.3 Å². The number of carbonyl (C=O) groups is 1. The molecular weight excluding hydrogens is 446 g/mol. The lowest BCUT2D eigenvalue weighted by atomic mass is 10.2. The van der Waals surface area contributed by atoms with Crippen LogP contribution in [0.5, 0.6) is 11.5 Å². The van der Waals surface area contributed by atoms with Gasteiger partial charge in [0, 0.05) is 25.2 Å². The van der Waals surface area contributed by atoms with Crippen LogP contribution >= 0.6 is 11.3 Å². The van der Waals surface area contributed by atoms with Crippen molar-refractivity contribution >= 4 is 45.3 Å². The summed E-state index contributed by atoms with van der Waals surface area (Å²) in [6.45, 7) is 4.51. The first-order chi connectivity index (χ1) is 16.0. The summed E-state index contributed by atoms with van der Waals surface area (Å²) in [7, 11) is 0. The first-order valence-electron chi connectivity index (χ1n) is 10.5. The van der Waals surface area contributed by atoms with Crippen LogP contribution in [0.15, 0.2) is 36.4 Å². The normalized spacial score (nSPS) is 14.0. The number of nitro groups is 1. The van der Waals surface area contributed by atoms with Crippen LogP contribution in [-0.4, -0.2) is 60.2 Å². The number of morpholine rings is 1. The molecule has 0 radical (unpaired) electrons. The van der Waals surface area contributed by atoms with E-state index < -0.39 is 4.92 Å². The zero-order chi connectivity index (χ0) is 23.2. The van der Waals surface area contributed by atoms with Gasteiger partial charge in [0.1, 0.15) is 5.01 Å². The first kappa shape index (κ1) is 22.7. The van der Waals surface area contributed by atoms with Crippen molar-refractivity contribution in [2.45, 2.75) is 6.92 Å². The number of aromatic nitrogens is 1. The Morgan fingerprint density at radius 2 is 2.00 bits per heavy atom. The minimum Gasteiger partial charge on any atom is -0.490 e. The smallest absolute Gasteiger partial charge is 0.270 e. The van der Waals surface area contributed by atoms with Crippen LogP contribution < -0.4 is 9.47 Å². The molecular formula is C23H23N3O6S. The lowest BCUT2D eigenvalue weighted by Gasteiger charge is -2.26. The number of hydrogen-bond donors (Lipinski definition) is 0. The number of nitrogens with zero attached hydrogens (tertiary/aromatic N) is 3. The lowest BCUT2D eigenvalue weighted by molar-refractivity contribution is -0.384. The summed E-state index contributed by atoms with van der Waals surface area (Å²) in [5, 5.41) is 11.7. The third-order valence-corrected chi connectivity index (χ3v) is 5.98. The summed E-state index contributed by atoms with van der Waals surface area (Å²) in [4.78, 5) is 29.1. The summed E-state index contributed by atoms with van der Waals surface area (Å²) in [5.41, 5.74) is 1.63. The number of rotatable bonds is 8. The molecule has 1 aliphatic rings. The van der Waals surface area contributed by atoms with Crippen molar-refractivity contribution in [3.05, 3.63) is 57.1 Å². The van der Waals surface area contributed by atoms with E-state index in [9.17, 15) is 14.9 Å². The van der Waals surface area contributed by atoms with Crippen molar-refractivity contribution in [3.63, 3.8) is 0 Å². The molecule has 0 spiro atoms. The van der Waals surface area contributed by atoms with Gasteiger partial charge >= 0.3 is 0 Å². The highest BCUT2D eigenvalue weighted by molar-refractivity contribution is 7.19. The van der Waals surface area contributed by atoms with Crippen molar-refractivity contribution < 1.29 is 23.9 Å². The second kappa shape index (κ2) is 10.4. The largest absolute Gasteiger partial charge is 0.490 e. The van der Waals surface area contributed by atoms with E-state index in [1.54, 1.807) is 17.0 Å². The Labute approximate surface area is 194 Å². The molecule has 1 aromatic heterocycles. The number of thiazole rings is 1. The summed E-state index contributed by atoms with van der Waals surface area (Å²) >= 11 is 1.38. The molecule has 0 saturated carbocycles. The fourth-order valence-electron chi connectivity index (χ4n) is 3.34. The van der Waals surface area contributed by atoms with Gasteiger partial charge in [-0.25, -0.2) is 4.98 Å². The molecule has 4 rings (SSSR count). The number of non-ortho nitro benzene ring substituents is 1.